The van der Waals surface area contributed by atoms with Gasteiger partial charge < -0.3 is 9.69 Å². The van der Waals surface area contributed by atoms with E-state index in [-0.39, 0.29) is 11.8 Å². The quantitative estimate of drug-likeness (QED) is 0.619. The Morgan fingerprint density at radius 1 is 1.47 bits per heavy atom. The van der Waals surface area contributed by atoms with E-state index in [0.717, 1.165) is 19.4 Å². The molecule has 84 valence electrons. The van der Waals surface area contributed by atoms with E-state index in [1.165, 1.54) is 12.8 Å². The Bertz CT molecular complexity index is 263. The lowest BCUT2D eigenvalue weighted by Crippen LogP contribution is -2.52. The molecule has 0 aromatic rings. The molecule has 2 rings (SSSR count). The molecule has 0 bridgehead atoms. The number of nitrogens with zero attached hydrogens (tertiary/aromatic N) is 2. The van der Waals surface area contributed by atoms with Crippen LogP contribution in [0.2, 0.25) is 0 Å². The SMILES string of the molecule is CC(C=O)CN1CCN(C2CC2)C(=O)C1. The van der Waals surface area contributed by atoms with Gasteiger partial charge in [-0.15, -0.1) is 0 Å². The Hall–Kier alpha value is -0.900. The number of aldehydes is 1. The molecule has 0 spiro atoms. The monoisotopic (exact) mass is 210 g/mol. The molecular weight excluding hydrogens is 192 g/mol. The first-order valence-electron chi connectivity index (χ1n) is 5.68. The lowest BCUT2D eigenvalue weighted by Gasteiger charge is -2.35. The predicted octanol–water partition coefficient (Wildman–Crippen LogP) is 0.128. The molecule has 1 aliphatic carbocycles. The van der Waals surface area contributed by atoms with Gasteiger partial charge in [0.2, 0.25) is 5.91 Å². The molecule has 1 saturated heterocycles. The molecule has 2 fully saturated rings. The topological polar surface area (TPSA) is 40.6 Å². The maximum atomic E-state index is 11.8. The Morgan fingerprint density at radius 3 is 2.73 bits per heavy atom. The number of piperazine rings is 1. The van der Waals surface area contributed by atoms with Crippen molar-refractivity contribution in [3.63, 3.8) is 0 Å². The fourth-order valence-electron chi connectivity index (χ4n) is 2.11. The lowest BCUT2D eigenvalue weighted by atomic mass is 10.2. The van der Waals surface area contributed by atoms with E-state index in [2.05, 4.69) is 4.90 Å². The van der Waals surface area contributed by atoms with Crippen LogP contribution in [0.15, 0.2) is 0 Å². The average Bonchev–Trinajstić information content (AvgIpc) is 3.01. The normalized spacial score (nSPS) is 25.4. The van der Waals surface area contributed by atoms with Gasteiger partial charge in [-0.05, 0) is 12.8 Å². The maximum Gasteiger partial charge on any atom is 0.237 e. The minimum absolute atomic E-state index is 0.0327. The predicted molar refractivity (Wildman–Crippen MR) is 56.4 cm³/mol. The third-order valence-electron chi connectivity index (χ3n) is 3.10. The maximum absolute atomic E-state index is 11.8. The molecule has 1 heterocycles. The molecule has 0 radical (unpaired) electrons. The zero-order valence-electron chi connectivity index (χ0n) is 9.19. The van der Waals surface area contributed by atoms with Gasteiger partial charge in [0, 0.05) is 31.6 Å². The summed E-state index contributed by atoms with van der Waals surface area (Å²) in [5.41, 5.74) is 0. The highest BCUT2D eigenvalue weighted by Gasteiger charge is 2.35. The van der Waals surface area contributed by atoms with Crippen LogP contribution in [0.5, 0.6) is 0 Å². The molecule has 4 nitrogen and oxygen atoms in total. The van der Waals surface area contributed by atoms with Gasteiger partial charge in [-0.25, -0.2) is 0 Å². The van der Waals surface area contributed by atoms with E-state index in [1.807, 2.05) is 11.8 Å². The van der Waals surface area contributed by atoms with Crippen molar-refractivity contribution in [3.05, 3.63) is 0 Å². The summed E-state index contributed by atoms with van der Waals surface area (Å²) in [4.78, 5) is 26.4. The molecule has 1 atom stereocenters. The Balaban J connectivity index is 1.82. The first kappa shape index (κ1) is 10.6. The first-order chi connectivity index (χ1) is 7.20. The number of carbonyl (C=O) groups is 2. The van der Waals surface area contributed by atoms with Gasteiger partial charge in [0.15, 0.2) is 0 Å². The number of rotatable bonds is 4. The minimum Gasteiger partial charge on any atom is -0.337 e. The van der Waals surface area contributed by atoms with Gasteiger partial charge >= 0.3 is 0 Å². The highest BCUT2D eigenvalue weighted by molar-refractivity contribution is 5.79. The summed E-state index contributed by atoms with van der Waals surface area (Å²) >= 11 is 0. The molecule has 2 aliphatic rings. The summed E-state index contributed by atoms with van der Waals surface area (Å²) in [6.07, 6.45) is 3.31. The van der Waals surface area contributed by atoms with E-state index >= 15 is 0 Å². The van der Waals surface area contributed by atoms with Gasteiger partial charge in [-0.2, -0.15) is 0 Å². The van der Waals surface area contributed by atoms with Crippen molar-refractivity contribution < 1.29 is 9.59 Å². The van der Waals surface area contributed by atoms with Crippen molar-refractivity contribution in [2.75, 3.05) is 26.2 Å². The fraction of sp³-hybridized carbons (Fsp3) is 0.818. The van der Waals surface area contributed by atoms with Crippen LogP contribution in [-0.2, 0) is 9.59 Å². The van der Waals surface area contributed by atoms with E-state index in [9.17, 15) is 9.59 Å². The van der Waals surface area contributed by atoms with E-state index < -0.39 is 0 Å². The van der Waals surface area contributed by atoms with Gasteiger partial charge in [-0.1, -0.05) is 6.92 Å². The molecule has 4 heteroatoms. The molecule has 0 N–H and O–H groups in total. The molecule has 0 aromatic carbocycles. The van der Waals surface area contributed by atoms with Crippen molar-refractivity contribution in [2.24, 2.45) is 5.92 Å². The zero-order chi connectivity index (χ0) is 10.8. The summed E-state index contributed by atoms with van der Waals surface area (Å²) in [6.45, 7) is 4.86. The van der Waals surface area contributed by atoms with Gasteiger partial charge in [0.05, 0.1) is 6.54 Å². The van der Waals surface area contributed by atoms with Crippen molar-refractivity contribution in [1.29, 1.82) is 0 Å². The van der Waals surface area contributed by atoms with E-state index in [4.69, 9.17) is 0 Å². The molecular formula is C11H18N2O2. The smallest absolute Gasteiger partial charge is 0.237 e. The fourth-order valence-corrected chi connectivity index (χ4v) is 2.11. The van der Waals surface area contributed by atoms with Crippen LogP contribution in [0.4, 0.5) is 0 Å². The van der Waals surface area contributed by atoms with E-state index in [0.29, 0.717) is 19.1 Å². The molecule has 1 unspecified atom stereocenters. The van der Waals surface area contributed by atoms with Crippen molar-refractivity contribution in [3.8, 4) is 0 Å². The van der Waals surface area contributed by atoms with Crippen LogP contribution >= 0.6 is 0 Å². The van der Waals surface area contributed by atoms with Crippen LogP contribution in [0.3, 0.4) is 0 Å². The third kappa shape index (κ3) is 2.56. The summed E-state index contributed by atoms with van der Waals surface area (Å²) in [6, 6.07) is 0.531. The van der Waals surface area contributed by atoms with Gasteiger partial charge in [0.25, 0.3) is 0 Å². The van der Waals surface area contributed by atoms with Gasteiger partial charge in [0.1, 0.15) is 6.29 Å². The third-order valence-corrected chi connectivity index (χ3v) is 3.10. The summed E-state index contributed by atoms with van der Waals surface area (Å²) < 4.78 is 0. The molecule has 1 aliphatic heterocycles. The van der Waals surface area contributed by atoms with Crippen LogP contribution in [-0.4, -0.2) is 54.2 Å². The van der Waals surface area contributed by atoms with Gasteiger partial charge in [-0.3, -0.25) is 9.69 Å². The van der Waals surface area contributed by atoms with Crippen LogP contribution < -0.4 is 0 Å². The second-order valence-corrected chi connectivity index (χ2v) is 4.67. The first-order valence-corrected chi connectivity index (χ1v) is 5.68. The average molecular weight is 210 g/mol. The van der Waals surface area contributed by atoms with Crippen molar-refractivity contribution in [2.45, 2.75) is 25.8 Å². The van der Waals surface area contributed by atoms with Crippen molar-refractivity contribution in [1.82, 2.24) is 9.80 Å². The highest BCUT2D eigenvalue weighted by Crippen LogP contribution is 2.28. The molecule has 1 saturated carbocycles. The van der Waals surface area contributed by atoms with Crippen LogP contribution in [0.25, 0.3) is 0 Å². The molecule has 15 heavy (non-hydrogen) atoms. The molecule has 0 aromatic heterocycles. The van der Waals surface area contributed by atoms with Crippen LogP contribution in [0, 0.1) is 5.92 Å². The van der Waals surface area contributed by atoms with E-state index in [1.54, 1.807) is 0 Å². The minimum atomic E-state index is 0.0327. The standard InChI is InChI=1S/C11H18N2O2/c1-9(8-14)6-12-4-5-13(10-2-3-10)11(15)7-12/h8-10H,2-7H2,1H3. The number of hydrogen-bond acceptors (Lipinski definition) is 3. The number of carbonyl (C=O) groups excluding carboxylic acids is 2. The molecule has 1 amide bonds. The Kier molecular flexibility index (Phi) is 3.05. The highest BCUT2D eigenvalue weighted by atomic mass is 16.2. The summed E-state index contributed by atoms with van der Waals surface area (Å²) in [7, 11) is 0. The Labute approximate surface area is 90.2 Å². The summed E-state index contributed by atoms with van der Waals surface area (Å²) in [5.74, 6) is 0.270. The number of hydrogen-bond donors (Lipinski definition) is 0. The second kappa shape index (κ2) is 4.31. The second-order valence-electron chi connectivity index (χ2n) is 4.67. The summed E-state index contributed by atoms with van der Waals surface area (Å²) in [5, 5.41) is 0. The zero-order valence-corrected chi connectivity index (χ0v) is 9.19. The van der Waals surface area contributed by atoms with Crippen LogP contribution in [0.1, 0.15) is 19.8 Å². The Morgan fingerprint density at radius 2 is 2.20 bits per heavy atom. The lowest BCUT2D eigenvalue weighted by molar-refractivity contribution is -0.137. The number of amides is 1. The largest absolute Gasteiger partial charge is 0.337 e. The van der Waals surface area contributed by atoms with Crippen molar-refractivity contribution >= 4 is 12.2 Å².